The summed E-state index contributed by atoms with van der Waals surface area (Å²) in [6.07, 6.45) is 2.67. The van der Waals surface area contributed by atoms with Crippen molar-refractivity contribution in [2.24, 2.45) is 0 Å². The molecule has 10 heteroatoms. The van der Waals surface area contributed by atoms with E-state index in [9.17, 15) is 14.4 Å². The molecule has 0 spiro atoms. The molecule has 0 atom stereocenters. The number of rotatable bonds is 4. The lowest BCUT2D eigenvalue weighted by Crippen LogP contribution is -2.41. The summed E-state index contributed by atoms with van der Waals surface area (Å²) in [6.45, 7) is 1.38. The maximum Gasteiger partial charge on any atom is 0.415 e. The van der Waals surface area contributed by atoms with Gasteiger partial charge in [0.05, 0.1) is 12.1 Å². The van der Waals surface area contributed by atoms with Crippen LogP contribution in [0.1, 0.15) is 39.3 Å². The minimum Gasteiger partial charge on any atom is -0.497 e. The molecule has 1 fully saturated rings. The van der Waals surface area contributed by atoms with Crippen LogP contribution in [0.25, 0.3) is 10.1 Å². The van der Waals surface area contributed by atoms with Gasteiger partial charge in [-0.15, -0.1) is 11.3 Å². The quantitative estimate of drug-likeness (QED) is 0.523. The molecule has 1 aliphatic heterocycles. The van der Waals surface area contributed by atoms with Crippen LogP contribution in [-0.2, 0) is 0 Å². The molecule has 3 aromatic rings. The zero-order valence-corrected chi connectivity index (χ0v) is 19.4. The highest BCUT2D eigenvalue weighted by molar-refractivity contribution is 7.21. The largest absolute Gasteiger partial charge is 0.497 e. The second-order valence-corrected chi connectivity index (χ2v) is 8.89. The fourth-order valence-electron chi connectivity index (χ4n) is 3.48. The van der Waals surface area contributed by atoms with E-state index >= 15 is 0 Å². The lowest BCUT2D eigenvalue weighted by Gasteiger charge is -2.25. The highest BCUT2D eigenvalue weighted by Gasteiger charge is 2.20. The predicted octanol–water partition coefficient (Wildman–Crippen LogP) is 4.62. The minimum absolute atomic E-state index is 0.278. The van der Waals surface area contributed by atoms with Crippen LogP contribution in [0.5, 0.6) is 11.5 Å². The molecule has 2 aromatic carbocycles. The first-order chi connectivity index (χ1) is 16.0. The average molecular weight is 488 g/mol. The number of hydrogen-bond donors (Lipinski definition) is 2. The molecule has 172 valence electrons. The smallest absolute Gasteiger partial charge is 0.415 e. The van der Waals surface area contributed by atoms with Gasteiger partial charge >= 0.3 is 6.09 Å². The monoisotopic (exact) mass is 487 g/mol. The Morgan fingerprint density at radius 3 is 2.30 bits per heavy atom. The number of likely N-dealkylation sites (tertiary alicyclic amines) is 1. The van der Waals surface area contributed by atoms with Crippen molar-refractivity contribution in [3.05, 3.63) is 57.9 Å². The van der Waals surface area contributed by atoms with Crippen molar-refractivity contribution in [2.45, 2.75) is 19.3 Å². The summed E-state index contributed by atoms with van der Waals surface area (Å²) in [6, 6.07) is 11.4. The van der Waals surface area contributed by atoms with Crippen molar-refractivity contribution in [1.82, 2.24) is 15.8 Å². The summed E-state index contributed by atoms with van der Waals surface area (Å²) < 4.78 is 11.4. The Kier molecular flexibility index (Phi) is 7.00. The summed E-state index contributed by atoms with van der Waals surface area (Å²) in [4.78, 5) is 39.1. The molecular formula is C23H22ClN3O5S. The molecule has 33 heavy (non-hydrogen) atoms. The van der Waals surface area contributed by atoms with Crippen molar-refractivity contribution < 1.29 is 23.9 Å². The van der Waals surface area contributed by atoms with Crippen LogP contribution in [0.3, 0.4) is 0 Å². The molecule has 8 nitrogen and oxygen atoms in total. The first-order valence-corrected chi connectivity index (χ1v) is 11.6. The molecule has 0 bridgehead atoms. The van der Waals surface area contributed by atoms with Gasteiger partial charge in [-0.05, 0) is 61.7 Å². The Balaban J connectivity index is 1.34. The normalized spacial score (nSPS) is 13.5. The predicted molar refractivity (Wildman–Crippen MR) is 126 cm³/mol. The Morgan fingerprint density at radius 2 is 1.61 bits per heavy atom. The van der Waals surface area contributed by atoms with Crippen molar-refractivity contribution in [1.29, 1.82) is 0 Å². The molecule has 0 saturated carbocycles. The standard InChI is InChI=1S/C23H22ClN3O5S/c1-31-16-9-10-17-18(13-16)33-20(19(17)24)22(29)26-25-21(28)14-5-7-15(8-6-14)32-23(30)27-11-3-2-4-12-27/h5-10,13H,2-4,11-12H2,1H3,(H,25,28)(H,26,29). The number of halogens is 1. The van der Waals surface area contributed by atoms with E-state index in [-0.39, 0.29) is 4.88 Å². The van der Waals surface area contributed by atoms with Gasteiger partial charge in [0, 0.05) is 28.7 Å². The van der Waals surface area contributed by atoms with Gasteiger partial charge in [-0.3, -0.25) is 20.4 Å². The topological polar surface area (TPSA) is 97.0 Å². The highest BCUT2D eigenvalue weighted by Crippen LogP contribution is 2.37. The number of methoxy groups -OCH3 is 1. The van der Waals surface area contributed by atoms with E-state index in [4.69, 9.17) is 21.1 Å². The molecule has 3 amide bonds. The summed E-state index contributed by atoms with van der Waals surface area (Å²) >= 11 is 7.55. The number of nitrogens with one attached hydrogen (secondary N) is 2. The Hall–Kier alpha value is -3.30. The van der Waals surface area contributed by atoms with Gasteiger partial charge in [0.25, 0.3) is 11.8 Å². The van der Waals surface area contributed by atoms with Gasteiger partial charge < -0.3 is 14.4 Å². The number of hydrazine groups is 1. The van der Waals surface area contributed by atoms with E-state index in [1.54, 1.807) is 30.2 Å². The zero-order chi connectivity index (χ0) is 23.4. The molecule has 1 aromatic heterocycles. The number of piperidine rings is 1. The zero-order valence-electron chi connectivity index (χ0n) is 17.9. The summed E-state index contributed by atoms with van der Waals surface area (Å²) in [5, 5.41) is 1.04. The third kappa shape index (κ3) is 5.20. The van der Waals surface area contributed by atoms with Crippen LogP contribution >= 0.6 is 22.9 Å². The number of fused-ring (bicyclic) bond motifs is 1. The Labute approximate surface area is 199 Å². The van der Waals surface area contributed by atoms with E-state index < -0.39 is 17.9 Å². The molecule has 2 heterocycles. The molecule has 0 aliphatic carbocycles. The van der Waals surface area contributed by atoms with Crippen molar-refractivity contribution in [3.63, 3.8) is 0 Å². The van der Waals surface area contributed by atoms with E-state index in [1.165, 1.54) is 35.6 Å². The minimum atomic E-state index is -0.527. The SMILES string of the molecule is COc1ccc2c(Cl)c(C(=O)NNC(=O)c3ccc(OC(=O)N4CCCCC4)cc3)sc2c1. The summed E-state index contributed by atoms with van der Waals surface area (Å²) in [5.41, 5.74) is 5.05. The van der Waals surface area contributed by atoms with E-state index in [0.29, 0.717) is 35.2 Å². The molecule has 1 saturated heterocycles. The Bertz CT molecular complexity index is 1190. The van der Waals surface area contributed by atoms with Gasteiger partial charge in [0.15, 0.2) is 0 Å². The average Bonchev–Trinajstić information content (AvgIpc) is 3.19. The van der Waals surface area contributed by atoms with Crippen molar-refractivity contribution in [2.75, 3.05) is 20.2 Å². The summed E-state index contributed by atoms with van der Waals surface area (Å²) in [7, 11) is 1.56. The molecular weight excluding hydrogens is 466 g/mol. The third-order valence-corrected chi connectivity index (χ3v) is 6.92. The van der Waals surface area contributed by atoms with Crippen LogP contribution in [0.15, 0.2) is 42.5 Å². The van der Waals surface area contributed by atoms with E-state index in [0.717, 1.165) is 29.3 Å². The number of hydrogen-bond acceptors (Lipinski definition) is 6. The number of benzene rings is 2. The van der Waals surface area contributed by atoms with Crippen molar-refractivity contribution in [3.8, 4) is 11.5 Å². The first-order valence-electron chi connectivity index (χ1n) is 10.4. The van der Waals surface area contributed by atoms with Crippen LogP contribution in [0, 0.1) is 0 Å². The fourth-order valence-corrected chi connectivity index (χ4v) is 4.92. The maximum atomic E-state index is 12.6. The number of carbonyl (C=O) groups excluding carboxylic acids is 3. The van der Waals surface area contributed by atoms with Gasteiger partial charge in [0.1, 0.15) is 16.4 Å². The fraction of sp³-hybridized carbons (Fsp3) is 0.261. The molecule has 1 aliphatic rings. The van der Waals surface area contributed by atoms with Crippen molar-refractivity contribution >= 4 is 50.9 Å². The molecule has 0 unspecified atom stereocenters. The van der Waals surface area contributed by atoms with E-state index in [2.05, 4.69) is 10.9 Å². The van der Waals surface area contributed by atoms with Gasteiger partial charge in [-0.25, -0.2) is 4.79 Å². The number of carbonyl (C=O) groups is 3. The first kappa shape index (κ1) is 22.9. The third-order valence-electron chi connectivity index (χ3n) is 5.27. The van der Waals surface area contributed by atoms with Gasteiger partial charge in [0.2, 0.25) is 0 Å². The lowest BCUT2D eigenvalue weighted by atomic mass is 10.1. The number of thiophene rings is 1. The number of ether oxygens (including phenoxy) is 2. The van der Waals surface area contributed by atoms with Gasteiger partial charge in [-0.2, -0.15) is 0 Å². The number of amides is 3. The number of nitrogens with zero attached hydrogens (tertiary/aromatic N) is 1. The second-order valence-electron chi connectivity index (χ2n) is 7.46. The van der Waals surface area contributed by atoms with Gasteiger partial charge in [-0.1, -0.05) is 11.6 Å². The molecule has 2 N–H and O–H groups in total. The molecule has 0 radical (unpaired) electrons. The van der Waals surface area contributed by atoms with Crippen LogP contribution in [-0.4, -0.2) is 43.0 Å². The highest BCUT2D eigenvalue weighted by atomic mass is 35.5. The maximum absolute atomic E-state index is 12.6. The summed E-state index contributed by atoms with van der Waals surface area (Å²) in [5.74, 6) is -0.0406. The second kappa shape index (κ2) is 10.1. The lowest BCUT2D eigenvalue weighted by molar-refractivity contribution is 0.0849. The van der Waals surface area contributed by atoms with E-state index in [1.807, 2.05) is 0 Å². The van der Waals surface area contributed by atoms with Crippen LogP contribution < -0.4 is 20.3 Å². The Morgan fingerprint density at radius 1 is 0.939 bits per heavy atom. The van der Waals surface area contributed by atoms with Crippen LogP contribution in [0.4, 0.5) is 4.79 Å². The molecule has 4 rings (SSSR count). The van der Waals surface area contributed by atoms with Crippen LogP contribution in [0.2, 0.25) is 5.02 Å².